The van der Waals surface area contributed by atoms with Gasteiger partial charge in [-0.2, -0.15) is 0 Å². The van der Waals surface area contributed by atoms with Crippen LogP contribution in [0.4, 0.5) is 68.2 Å². The van der Waals surface area contributed by atoms with Crippen molar-refractivity contribution in [3.8, 4) is 5.69 Å². The fraction of sp³-hybridized carbons (Fsp3) is 0.0294. The van der Waals surface area contributed by atoms with Crippen LogP contribution in [0.15, 0.2) is 267 Å². The van der Waals surface area contributed by atoms with E-state index in [0.717, 1.165) is 73.8 Å². The molecule has 0 fully saturated rings. The average molecular weight is 948 g/mol. The van der Waals surface area contributed by atoms with E-state index in [1.165, 1.54) is 49.5 Å². The van der Waals surface area contributed by atoms with Gasteiger partial charge in [0.2, 0.25) is 0 Å². The Labute approximate surface area is 432 Å². The van der Waals surface area contributed by atoms with Crippen LogP contribution >= 0.6 is 0 Å². The summed E-state index contributed by atoms with van der Waals surface area (Å²) < 4.78 is 2.44. The number of rotatable bonds is 9. The van der Waals surface area contributed by atoms with Crippen molar-refractivity contribution in [2.75, 3.05) is 19.6 Å². The first-order valence-corrected chi connectivity index (χ1v) is 25.5. The van der Waals surface area contributed by atoms with Gasteiger partial charge in [0.1, 0.15) is 0 Å². The molecule has 2 aliphatic heterocycles. The van der Waals surface area contributed by atoms with Crippen LogP contribution in [0.1, 0.15) is 11.1 Å². The summed E-state index contributed by atoms with van der Waals surface area (Å²) in [5.74, 6) is 0. The topological polar surface area (TPSA) is 17.9 Å². The Kier molecular flexibility index (Phi) is 10.3. The Hall–Kier alpha value is -9.52. The maximum Gasteiger partial charge on any atom is 0.252 e. The van der Waals surface area contributed by atoms with Gasteiger partial charge in [-0.25, -0.2) is 0 Å². The maximum atomic E-state index is 2.53. The van der Waals surface area contributed by atoms with Gasteiger partial charge in [-0.3, -0.25) is 0 Å². The summed E-state index contributed by atoms with van der Waals surface area (Å²) in [6.07, 6.45) is 0. The molecule has 2 aliphatic rings. The first kappa shape index (κ1) is 43.3. The van der Waals surface area contributed by atoms with Crippen LogP contribution in [0.5, 0.6) is 0 Å². The standard InChI is InChI=1S/C68H50BN5/c1-47-35-38-54(39-36-47)72-62-42-37-48(2)43-60(62)69-59-41-40-55(71(51-25-12-5-13-26-51)63-34-20-32-58-57-31-18-19-33-61(57)74(68(58)63)53-29-16-7-17-30-53)44-64(59)73(52-27-14-6-15-28-52)66-46-56(45-65(72)67(66)69)70(49-21-8-3-9-22-49)50-23-10-4-11-24-50/h3-46H,1-2H3. The van der Waals surface area contributed by atoms with Crippen LogP contribution in [-0.4, -0.2) is 11.3 Å². The summed E-state index contributed by atoms with van der Waals surface area (Å²) in [6.45, 7) is 4.31. The summed E-state index contributed by atoms with van der Waals surface area (Å²) >= 11 is 0. The van der Waals surface area contributed by atoms with Crippen LogP contribution in [0, 0.1) is 13.8 Å². The van der Waals surface area contributed by atoms with E-state index in [1.807, 2.05) is 0 Å². The van der Waals surface area contributed by atoms with E-state index >= 15 is 0 Å². The third kappa shape index (κ3) is 7.02. The number of hydrogen-bond acceptors (Lipinski definition) is 4. The van der Waals surface area contributed by atoms with E-state index in [9.17, 15) is 0 Å². The van der Waals surface area contributed by atoms with Gasteiger partial charge in [0.25, 0.3) is 6.71 Å². The molecule has 0 amide bonds. The van der Waals surface area contributed by atoms with Crippen molar-refractivity contribution in [2.45, 2.75) is 13.8 Å². The summed E-state index contributed by atoms with van der Waals surface area (Å²) in [7, 11) is 0. The molecule has 11 aromatic carbocycles. The molecule has 0 unspecified atom stereocenters. The molecule has 0 radical (unpaired) electrons. The Bertz CT molecular complexity index is 4010. The lowest BCUT2D eigenvalue weighted by atomic mass is 9.33. The summed E-state index contributed by atoms with van der Waals surface area (Å²) in [6, 6.07) is 97.9. The highest BCUT2D eigenvalue weighted by atomic mass is 15.2. The molecule has 6 heteroatoms. The maximum absolute atomic E-state index is 2.53. The zero-order valence-electron chi connectivity index (χ0n) is 41.2. The molecule has 350 valence electrons. The number of para-hydroxylation sites is 7. The molecule has 0 atom stereocenters. The number of nitrogens with zero attached hydrogens (tertiary/aromatic N) is 5. The highest BCUT2D eigenvalue weighted by Crippen LogP contribution is 2.50. The number of aryl methyl sites for hydroxylation is 2. The molecule has 74 heavy (non-hydrogen) atoms. The van der Waals surface area contributed by atoms with Crippen molar-refractivity contribution in [3.05, 3.63) is 278 Å². The monoisotopic (exact) mass is 947 g/mol. The van der Waals surface area contributed by atoms with Crippen molar-refractivity contribution < 1.29 is 0 Å². The number of fused-ring (bicyclic) bond motifs is 7. The SMILES string of the molecule is Cc1ccc(N2c3ccc(C)cc3B3c4ccc(N(c5ccccc5)c5cccc6c7ccccc7n(-c7ccccc7)c56)cc4N(c4ccccc4)c4cc(N(c5ccccc5)c5ccccc5)cc2c43)cc1. The molecule has 3 heterocycles. The normalized spacial score (nSPS) is 12.4. The zero-order valence-corrected chi connectivity index (χ0v) is 41.2. The second-order valence-corrected chi connectivity index (χ2v) is 19.5. The molecule has 0 N–H and O–H groups in total. The lowest BCUT2D eigenvalue weighted by molar-refractivity contribution is 1.17. The Morgan fingerprint density at radius 2 is 0.838 bits per heavy atom. The predicted octanol–water partition coefficient (Wildman–Crippen LogP) is 16.4. The lowest BCUT2D eigenvalue weighted by Gasteiger charge is -2.45. The van der Waals surface area contributed by atoms with Crippen LogP contribution in [0.2, 0.25) is 0 Å². The van der Waals surface area contributed by atoms with Crippen molar-refractivity contribution in [3.63, 3.8) is 0 Å². The van der Waals surface area contributed by atoms with Crippen molar-refractivity contribution in [1.29, 1.82) is 0 Å². The first-order chi connectivity index (χ1) is 36.6. The Morgan fingerprint density at radius 1 is 0.324 bits per heavy atom. The lowest BCUT2D eigenvalue weighted by Crippen LogP contribution is -2.61. The number of benzene rings is 11. The second-order valence-electron chi connectivity index (χ2n) is 19.5. The zero-order chi connectivity index (χ0) is 49.3. The molecule has 12 aromatic rings. The van der Waals surface area contributed by atoms with Crippen molar-refractivity contribution in [1.82, 2.24) is 4.57 Å². The average Bonchev–Trinajstić information content (AvgIpc) is 3.81. The smallest absolute Gasteiger partial charge is 0.252 e. The van der Waals surface area contributed by atoms with Crippen LogP contribution in [0.25, 0.3) is 27.5 Å². The van der Waals surface area contributed by atoms with Gasteiger partial charge in [-0.15, -0.1) is 0 Å². The Morgan fingerprint density at radius 3 is 1.49 bits per heavy atom. The van der Waals surface area contributed by atoms with Gasteiger partial charge in [0, 0.05) is 73.3 Å². The summed E-state index contributed by atoms with van der Waals surface area (Å²) in [4.78, 5) is 9.91. The van der Waals surface area contributed by atoms with Gasteiger partial charge < -0.3 is 24.2 Å². The number of anilines is 12. The van der Waals surface area contributed by atoms with Gasteiger partial charge >= 0.3 is 0 Å². The minimum absolute atomic E-state index is 0.0780. The van der Waals surface area contributed by atoms with Gasteiger partial charge in [-0.1, -0.05) is 163 Å². The molecule has 0 aliphatic carbocycles. The third-order valence-corrected chi connectivity index (χ3v) is 15.0. The van der Waals surface area contributed by atoms with E-state index in [-0.39, 0.29) is 6.71 Å². The largest absolute Gasteiger partial charge is 0.311 e. The molecule has 0 spiro atoms. The fourth-order valence-corrected chi connectivity index (χ4v) is 11.8. The fourth-order valence-electron chi connectivity index (χ4n) is 11.8. The van der Waals surface area contributed by atoms with Gasteiger partial charge in [0.05, 0.1) is 22.4 Å². The van der Waals surface area contributed by atoms with Gasteiger partial charge in [-0.05, 0) is 145 Å². The van der Waals surface area contributed by atoms with Crippen molar-refractivity contribution in [2.24, 2.45) is 0 Å². The van der Waals surface area contributed by atoms with E-state index < -0.39 is 0 Å². The van der Waals surface area contributed by atoms with Crippen LogP contribution in [0.3, 0.4) is 0 Å². The predicted molar refractivity (Wildman–Crippen MR) is 314 cm³/mol. The molecule has 1 aromatic heterocycles. The number of hydrogen-bond donors (Lipinski definition) is 0. The molecular weight excluding hydrogens is 898 g/mol. The van der Waals surface area contributed by atoms with E-state index in [1.54, 1.807) is 0 Å². The highest BCUT2D eigenvalue weighted by molar-refractivity contribution is 7.00. The molecular formula is C68H50BN5. The third-order valence-electron chi connectivity index (χ3n) is 15.0. The number of aromatic nitrogens is 1. The Balaban J connectivity index is 1.08. The van der Waals surface area contributed by atoms with E-state index in [0.29, 0.717) is 0 Å². The minimum atomic E-state index is -0.0780. The van der Waals surface area contributed by atoms with Gasteiger partial charge in [0.15, 0.2) is 0 Å². The highest BCUT2D eigenvalue weighted by Gasteiger charge is 2.44. The molecule has 0 saturated heterocycles. The molecule has 0 saturated carbocycles. The molecule has 14 rings (SSSR count). The van der Waals surface area contributed by atoms with Crippen molar-refractivity contribution >= 4 is 113 Å². The van der Waals surface area contributed by atoms with Crippen LogP contribution < -0.4 is 36.0 Å². The summed E-state index contributed by atoms with van der Waals surface area (Å²) in [5, 5.41) is 2.42. The quantitative estimate of drug-likeness (QED) is 0.134. The first-order valence-electron chi connectivity index (χ1n) is 25.5. The molecule has 5 nitrogen and oxygen atoms in total. The summed E-state index contributed by atoms with van der Waals surface area (Å²) in [5.41, 5.74) is 23.0. The molecule has 0 bridgehead atoms. The second kappa shape index (κ2) is 17.7. The van der Waals surface area contributed by atoms with Crippen LogP contribution in [-0.2, 0) is 0 Å². The minimum Gasteiger partial charge on any atom is -0.311 e. The van der Waals surface area contributed by atoms with E-state index in [4.69, 9.17) is 0 Å². The van der Waals surface area contributed by atoms with E-state index in [2.05, 4.69) is 305 Å².